The number of rotatable bonds is 1. The van der Waals surface area contributed by atoms with Crippen molar-refractivity contribution in [3.8, 4) is 11.5 Å². The third-order valence-corrected chi connectivity index (χ3v) is 5.90. The zero-order valence-electron chi connectivity index (χ0n) is 12.4. The molecule has 116 valence electrons. The molecule has 1 aromatic rings. The number of hydrogen-bond donors (Lipinski definition) is 0. The molecule has 22 heavy (non-hydrogen) atoms. The van der Waals surface area contributed by atoms with Crippen molar-refractivity contribution in [1.29, 1.82) is 0 Å². The molecular weight excluding hydrogens is 302 g/mol. The lowest BCUT2D eigenvalue weighted by molar-refractivity contribution is 0.0723. The highest BCUT2D eigenvalue weighted by atomic mass is 35.5. The predicted octanol–water partition coefficient (Wildman–Crippen LogP) is 2.65. The number of fused-ring (bicyclic) bond motifs is 8. The minimum Gasteiger partial charge on any atom is -0.454 e. The van der Waals surface area contributed by atoms with Crippen LogP contribution in [-0.2, 0) is 11.3 Å². The first kappa shape index (κ1) is 13.2. The summed E-state index contributed by atoms with van der Waals surface area (Å²) in [5.74, 6) is 2.19. The van der Waals surface area contributed by atoms with E-state index in [2.05, 4.69) is 23.1 Å². The quantitative estimate of drug-likeness (QED) is 0.588. The molecule has 4 aliphatic rings. The van der Waals surface area contributed by atoms with Crippen molar-refractivity contribution < 1.29 is 14.2 Å². The number of hydrogen-bond acceptors (Lipinski definition) is 4. The summed E-state index contributed by atoms with van der Waals surface area (Å²) in [6, 6.07) is 4.78. The van der Waals surface area contributed by atoms with E-state index >= 15 is 0 Å². The topological polar surface area (TPSA) is 30.9 Å². The lowest BCUT2D eigenvalue weighted by Gasteiger charge is -2.32. The van der Waals surface area contributed by atoms with E-state index in [9.17, 15) is 0 Å². The summed E-state index contributed by atoms with van der Waals surface area (Å²) in [7, 11) is 1.75. The molecule has 1 aromatic carbocycles. The molecule has 5 rings (SSSR count). The van der Waals surface area contributed by atoms with Crippen LogP contribution in [0.25, 0.3) is 0 Å². The Kier molecular flexibility index (Phi) is 2.79. The number of methoxy groups -OCH3 is 1. The standard InChI is InChI=1S/C17H18ClNO3/c1-20-15-5-14-11(3-13(15)18)12-7-19(14)6-9-2-16-17(4-10(9)12)22-8-21-16/h2-4,12-15H,5-8H2,1H3/t12-,13-,14-,15-/m0/s1. The highest BCUT2D eigenvalue weighted by Gasteiger charge is 2.46. The van der Waals surface area contributed by atoms with E-state index in [1.54, 1.807) is 7.11 Å². The van der Waals surface area contributed by atoms with Gasteiger partial charge in [-0.3, -0.25) is 4.90 Å². The number of alkyl halides is 1. The van der Waals surface area contributed by atoms with Crippen molar-refractivity contribution in [2.45, 2.75) is 36.4 Å². The van der Waals surface area contributed by atoms with Gasteiger partial charge in [-0.2, -0.15) is 0 Å². The van der Waals surface area contributed by atoms with E-state index in [1.165, 1.54) is 16.7 Å². The van der Waals surface area contributed by atoms with Gasteiger partial charge in [0.25, 0.3) is 0 Å². The first-order chi connectivity index (χ1) is 10.7. The zero-order chi connectivity index (χ0) is 14.8. The molecule has 2 bridgehead atoms. The summed E-state index contributed by atoms with van der Waals surface area (Å²) in [4.78, 5) is 2.55. The second-order valence-corrected chi connectivity index (χ2v) is 7.03. The highest BCUT2D eigenvalue weighted by Crippen LogP contribution is 2.50. The molecule has 5 atom stereocenters. The van der Waals surface area contributed by atoms with E-state index in [1.807, 2.05) is 0 Å². The molecule has 4 nitrogen and oxygen atoms in total. The smallest absolute Gasteiger partial charge is 0.231 e. The molecule has 1 fully saturated rings. The summed E-state index contributed by atoms with van der Waals surface area (Å²) < 4.78 is 16.6. The Balaban J connectivity index is 1.59. The van der Waals surface area contributed by atoms with Gasteiger partial charge in [0.1, 0.15) is 0 Å². The van der Waals surface area contributed by atoms with Gasteiger partial charge in [0.05, 0.1) is 11.5 Å². The molecule has 0 N–H and O–H groups in total. The van der Waals surface area contributed by atoms with Gasteiger partial charge in [0.15, 0.2) is 11.5 Å². The molecule has 5 heteroatoms. The van der Waals surface area contributed by atoms with E-state index < -0.39 is 0 Å². The van der Waals surface area contributed by atoms with Gasteiger partial charge >= 0.3 is 0 Å². The zero-order valence-corrected chi connectivity index (χ0v) is 13.2. The fourth-order valence-corrected chi connectivity index (χ4v) is 4.77. The lowest BCUT2D eigenvalue weighted by Crippen LogP contribution is -2.39. The summed E-state index contributed by atoms with van der Waals surface area (Å²) in [6.45, 7) is 2.37. The minimum atomic E-state index is -0.0331. The van der Waals surface area contributed by atoms with E-state index in [0.29, 0.717) is 18.8 Å². The van der Waals surface area contributed by atoms with Gasteiger partial charge in [-0.25, -0.2) is 0 Å². The summed E-state index contributed by atoms with van der Waals surface area (Å²) in [6.07, 6.45) is 3.32. The molecule has 0 radical (unpaired) electrons. The minimum absolute atomic E-state index is 0.0331. The highest BCUT2D eigenvalue weighted by molar-refractivity contribution is 6.22. The van der Waals surface area contributed by atoms with Crippen LogP contribution in [0.4, 0.5) is 0 Å². The summed E-state index contributed by atoms with van der Waals surface area (Å²) in [5, 5.41) is -0.0331. The van der Waals surface area contributed by atoms with Gasteiger partial charge in [-0.1, -0.05) is 6.08 Å². The normalized spacial score (nSPS) is 37.5. The van der Waals surface area contributed by atoms with Gasteiger partial charge < -0.3 is 14.2 Å². The Labute approximate surface area is 134 Å². The lowest BCUT2D eigenvalue weighted by atomic mass is 9.83. The van der Waals surface area contributed by atoms with Gasteiger partial charge in [0, 0.05) is 32.2 Å². The average molecular weight is 320 g/mol. The first-order valence-electron chi connectivity index (χ1n) is 7.79. The summed E-state index contributed by atoms with van der Waals surface area (Å²) >= 11 is 6.50. The molecule has 1 saturated heterocycles. The van der Waals surface area contributed by atoms with Gasteiger partial charge in [-0.15, -0.1) is 11.6 Å². The van der Waals surface area contributed by atoms with Crippen molar-refractivity contribution in [1.82, 2.24) is 4.90 Å². The second-order valence-electron chi connectivity index (χ2n) is 6.52. The van der Waals surface area contributed by atoms with Gasteiger partial charge in [0.2, 0.25) is 6.79 Å². The van der Waals surface area contributed by atoms with E-state index in [0.717, 1.165) is 31.0 Å². The maximum absolute atomic E-state index is 6.50. The van der Waals surface area contributed by atoms with Crippen LogP contribution in [-0.4, -0.2) is 42.9 Å². The van der Waals surface area contributed by atoms with Crippen molar-refractivity contribution in [2.75, 3.05) is 20.4 Å². The molecule has 1 aliphatic carbocycles. The molecular formula is C17H18ClNO3. The van der Waals surface area contributed by atoms with Crippen molar-refractivity contribution in [2.24, 2.45) is 0 Å². The van der Waals surface area contributed by atoms with Crippen LogP contribution in [0.15, 0.2) is 23.8 Å². The van der Waals surface area contributed by atoms with Crippen LogP contribution in [0.5, 0.6) is 11.5 Å². The average Bonchev–Trinajstić information content (AvgIpc) is 3.08. The monoisotopic (exact) mass is 319 g/mol. The number of nitrogens with zero attached hydrogens (tertiary/aromatic N) is 1. The van der Waals surface area contributed by atoms with Crippen LogP contribution >= 0.6 is 11.6 Å². The van der Waals surface area contributed by atoms with Crippen LogP contribution in [0.1, 0.15) is 23.5 Å². The number of ether oxygens (including phenoxy) is 3. The Morgan fingerprint density at radius 2 is 2.09 bits per heavy atom. The Bertz CT molecular complexity index is 674. The number of benzene rings is 1. The van der Waals surface area contributed by atoms with Crippen LogP contribution in [0.3, 0.4) is 0 Å². The van der Waals surface area contributed by atoms with Crippen LogP contribution < -0.4 is 9.47 Å². The fraction of sp³-hybridized carbons (Fsp3) is 0.529. The molecule has 3 heterocycles. The third kappa shape index (κ3) is 1.72. The van der Waals surface area contributed by atoms with Crippen molar-refractivity contribution in [3.63, 3.8) is 0 Å². The molecule has 0 spiro atoms. The Morgan fingerprint density at radius 3 is 2.91 bits per heavy atom. The van der Waals surface area contributed by atoms with Crippen LogP contribution in [0.2, 0.25) is 0 Å². The summed E-state index contributed by atoms with van der Waals surface area (Å²) in [5.41, 5.74) is 4.20. The van der Waals surface area contributed by atoms with Crippen LogP contribution in [0, 0.1) is 0 Å². The predicted molar refractivity (Wildman–Crippen MR) is 82.6 cm³/mol. The Morgan fingerprint density at radius 1 is 1.27 bits per heavy atom. The third-order valence-electron chi connectivity index (χ3n) is 5.49. The van der Waals surface area contributed by atoms with Crippen molar-refractivity contribution >= 4 is 11.6 Å². The van der Waals surface area contributed by atoms with Crippen molar-refractivity contribution in [3.05, 3.63) is 34.9 Å². The maximum atomic E-state index is 6.50. The molecule has 3 aliphatic heterocycles. The maximum Gasteiger partial charge on any atom is 0.231 e. The SMILES string of the molecule is CO[C@H]1C[C@H]2C(=C[C@@H]1Cl)[C@H]1CN2Cc2cc3c(cc21)OCO3. The first-order valence-corrected chi connectivity index (χ1v) is 8.23. The van der Waals surface area contributed by atoms with Gasteiger partial charge in [-0.05, 0) is 35.3 Å². The van der Waals surface area contributed by atoms with E-state index in [4.69, 9.17) is 25.8 Å². The largest absolute Gasteiger partial charge is 0.454 e. The molecule has 0 aromatic heterocycles. The molecule has 0 saturated carbocycles. The molecule has 0 amide bonds. The second kappa shape index (κ2) is 4.63. The van der Waals surface area contributed by atoms with E-state index in [-0.39, 0.29) is 11.5 Å². The fourth-order valence-electron chi connectivity index (χ4n) is 4.42. The molecule has 1 unspecified atom stereocenters. The number of halogens is 1. The Hall–Kier alpha value is -1.23.